The molecule has 118 valence electrons. The number of aliphatic hydroxyl groups is 1. The minimum Gasteiger partial charge on any atom is -0.395 e. The van der Waals surface area contributed by atoms with Gasteiger partial charge in [-0.15, -0.1) is 11.3 Å². The van der Waals surface area contributed by atoms with E-state index in [2.05, 4.69) is 4.90 Å². The Kier molecular flexibility index (Phi) is 4.99. The zero-order valence-electron chi connectivity index (χ0n) is 11.8. The quantitative estimate of drug-likeness (QED) is 0.770. The molecule has 1 aliphatic heterocycles. The van der Waals surface area contributed by atoms with Gasteiger partial charge >= 0.3 is 0 Å². The number of aryl methyl sites for hydroxylation is 1. The number of thiophene rings is 1. The number of nitrogens with two attached hydrogens (primary N) is 1. The van der Waals surface area contributed by atoms with E-state index in [1.807, 2.05) is 0 Å². The number of β-amino-alcohol motifs (C(OH)–C–C–N with tert-alkyl or cyclic N) is 1. The van der Waals surface area contributed by atoms with Gasteiger partial charge < -0.3 is 10.0 Å². The largest absolute Gasteiger partial charge is 0.395 e. The van der Waals surface area contributed by atoms with Gasteiger partial charge in [0.15, 0.2) is 0 Å². The number of carbonyl (C=O) groups excluding carboxylic acids is 1. The number of sulfonamides is 1. The molecule has 0 aliphatic carbocycles. The van der Waals surface area contributed by atoms with E-state index in [4.69, 9.17) is 10.2 Å². The molecule has 1 aliphatic rings. The average molecular weight is 333 g/mol. The van der Waals surface area contributed by atoms with Crippen molar-refractivity contribution in [1.29, 1.82) is 0 Å². The molecule has 0 radical (unpaired) electrons. The summed E-state index contributed by atoms with van der Waals surface area (Å²) in [7, 11) is -3.79. The van der Waals surface area contributed by atoms with E-state index in [0.717, 1.165) is 11.3 Å². The molecular weight excluding hydrogens is 314 g/mol. The lowest BCUT2D eigenvalue weighted by Gasteiger charge is -2.34. The summed E-state index contributed by atoms with van der Waals surface area (Å²) in [6.07, 6.45) is 0. The zero-order chi connectivity index (χ0) is 15.6. The van der Waals surface area contributed by atoms with Gasteiger partial charge in [0.1, 0.15) is 0 Å². The number of rotatable bonds is 4. The van der Waals surface area contributed by atoms with Crippen molar-refractivity contribution in [2.75, 3.05) is 39.3 Å². The number of carbonyl (C=O) groups is 1. The van der Waals surface area contributed by atoms with E-state index in [1.54, 1.807) is 11.8 Å². The minimum absolute atomic E-state index is 0.0229. The van der Waals surface area contributed by atoms with Gasteiger partial charge in [0.25, 0.3) is 5.91 Å². The molecule has 0 spiro atoms. The number of hydrogen-bond acceptors (Lipinski definition) is 6. The summed E-state index contributed by atoms with van der Waals surface area (Å²) in [5.41, 5.74) is 0. The van der Waals surface area contributed by atoms with Crippen molar-refractivity contribution in [2.24, 2.45) is 5.14 Å². The van der Waals surface area contributed by atoms with Crippen LogP contribution in [0.5, 0.6) is 0 Å². The lowest BCUT2D eigenvalue weighted by molar-refractivity contribution is 0.0619. The van der Waals surface area contributed by atoms with Crippen molar-refractivity contribution in [3.8, 4) is 0 Å². The third-order valence-electron chi connectivity index (χ3n) is 3.47. The number of primary sulfonamides is 1. The lowest BCUT2D eigenvalue weighted by atomic mass is 10.3. The number of aliphatic hydroxyl groups excluding tert-OH is 1. The SMILES string of the molecule is Cc1sc(C(=O)N2CCN(CCO)CC2)cc1S(N)(=O)=O. The maximum atomic E-state index is 12.4. The Balaban J connectivity index is 2.08. The predicted molar refractivity (Wildman–Crippen MR) is 79.9 cm³/mol. The van der Waals surface area contributed by atoms with Gasteiger partial charge in [0.05, 0.1) is 16.4 Å². The smallest absolute Gasteiger partial charge is 0.264 e. The van der Waals surface area contributed by atoms with E-state index in [1.165, 1.54) is 6.07 Å². The summed E-state index contributed by atoms with van der Waals surface area (Å²) >= 11 is 1.15. The first-order valence-corrected chi connectivity index (χ1v) is 8.95. The Morgan fingerprint density at radius 3 is 2.48 bits per heavy atom. The second-order valence-corrected chi connectivity index (χ2v) is 7.72. The summed E-state index contributed by atoms with van der Waals surface area (Å²) in [5, 5.41) is 14.0. The maximum absolute atomic E-state index is 12.4. The Morgan fingerprint density at radius 2 is 2.00 bits per heavy atom. The van der Waals surface area contributed by atoms with E-state index < -0.39 is 10.0 Å². The Morgan fingerprint density at radius 1 is 1.38 bits per heavy atom. The number of hydrogen-bond donors (Lipinski definition) is 2. The predicted octanol–water partition coefficient (Wildman–Crippen LogP) is -0.546. The highest BCUT2D eigenvalue weighted by molar-refractivity contribution is 7.89. The molecule has 0 aromatic carbocycles. The van der Waals surface area contributed by atoms with Crippen molar-refractivity contribution in [3.05, 3.63) is 15.8 Å². The number of amides is 1. The van der Waals surface area contributed by atoms with Crippen LogP contribution in [0, 0.1) is 6.92 Å². The summed E-state index contributed by atoms with van der Waals surface area (Å²) in [6, 6.07) is 1.36. The molecular formula is C12H19N3O4S2. The summed E-state index contributed by atoms with van der Waals surface area (Å²) in [5.74, 6) is -0.165. The Bertz CT molecular complexity index is 618. The molecule has 9 heteroatoms. The summed E-state index contributed by atoms with van der Waals surface area (Å²) in [6.45, 7) is 4.91. The van der Waals surface area contributed by atoms with Crippen LogP contribution in [0.4, 0.5) is 0 Å². The van der Waals surface area contributed by atoms with E-state index in [9.17, 15) is 13.2 Å². The highest BCUT2D eigenvalue weighted by Gasteiger charge is 2.25. The van der Waals surface area contributed by atoms with Crippen molar-refractivity contribution in [2.45, 2.75) is 11.8 Å². The molecule has 7 nitrogen and oxygen atoms in total. The van der Waals surface area contributed by atoms with Crippen LogP contribution in [0.3, 0.4) is 0 Å². The first-order valence-electron chi connectivity index (χ1n) is 6.58. The fourth-order valence-corrected chi connectivity index (χ4v) is 4.44. The molecule has 21 heavy (non-hydrogen) atoms. The van der Waals surface area contributed by atoms with E-state index in [-0.39, 0.29) is 17.4 Å². The third-order valence-corrected chi connectivity index (χ3v) is 5.67. The van der Waals surface area contributed by atoms with Gasteiger partial charge in [-0.2, -0.15) is 0 Å². The molecule has 1 saturated heterocycles. The van der Waals surface area contributed by atoms with Crippen molar-refractivity contribution in [1.82, 2.24) is 9.80 Å². The van der Waals surface area contributed by atoms with Gasteiger partial charge in [0, 0.05) is 37.6 Å². The van der Waals surface area contributed by atoms with Crippen LogP contribution in [0.1, 0.15) is 14.5 Å². The molecule has 0 bridgehead atoms. The molecule has 1 aromatic rings. The van der Waals surface area contributed by atoms with Crippen LogP contribution in [0.2, 0.25) is 0 Å². The highest BCUT2D eigenvalue weighted by Crippen LogP contribution is 2.26. The Hall–Kier alpha value is -1.00. The molecule has 1 fully saturated rings. The van der Waals surface area contributed by atoms with Crippen LogP contribution in [0.25, 0.3) is 0 Å². The van der Waals surface area contributed by atoms with Crippen molar-refractivity contribution >= 4 is 27.3 Å². The molecule has 2 rings (SSSR count). The lowest BCUT2D eigenvalue weighted by Crippen LogP contribution is -2.49. The van der Waals surface area contributed by atoms with Crippen LogP contribution < -0.4 is 5.14 Å². The minimum atomic E-state index is -3.79. The van der Waals surface area contributed by atoms with E-state index >= 15 is 0 Å². The molecule has 0 unspecified atom stereocenters. The number of piperazine rings is 1. The van der Waals surface area contributed by atoms with Crippen LogP contribution >= 0.6 is 11.3 Å². The van der Waals surface area contributed by atoms with Gasteiger partial charge in [-0.25, -0.2) is 13.6 Å². The van der Waals surface area contributed by atoms with Crippen LogP contribution in [-0.4, -0.2) is 68.6 Å². The third kappa shape index (κ3) is 3.80. The zero-order valence-corrected chi connectivity index (χ0v) is 13.4. The van der Waals surface area contributed by atoms with Gasteiger partial charge in [-0.1, -0.05) is 0 Å². The van der Waals surface area contributed by atoms with Gasteiger partial charge in [-0.3, -0.25) is 9.69 Å². The summed E-state index contributed by atoms with van der Waals surface area (Å²) in [4.78, 5) is 17.1. The number of nitrogens with zero attached hydrogens (tertiary/aromatic N) is 2. The second-order valence-electron chi connectivity index (χ2n) is 4.93. The Labute approximate surface area is 128 Å². The first-order chi connectivity index (χ1) is 9.82. The highest BCUT2D eigenvalue weighted by atomic mass is 32.2. The first kappa shape index (κ1) is 16.4. The fraction of sp³-hybridized carbons (Fsp3) is 0.583. The van der Waals surface area contributed by atoms with Gasteiger partial charge in [-0.05, 0) is 13.0 Å². The fourth-order valence-electron chi connectivity index (χ4n) is 2.33. The maximum Gasteiger partial charge on any atom is 0.264 e. The average Bonchev–Trinajstić information content (AvgIpc) is 2.81. The van der Waals surface area contributed by atoms with Crippen molar-refractivity contribution in [3.63, 3.8) is 0 Å². The van der Waals surface area contributed by atoms with Crippen LogP contribution in [0.15, 0.2) is 11.0 Å². The van der Waals surface area contributed by atoms with E-state index in [0.29, 0.717) is 42.5 Å². The normalized spacial score (nSPS) is 17.2. The van der Waals surface area contributed by atoms with Crippen LogP contribution in [-0.2, 0) is 10.0 Å². The summed E-state index contributed by atoms with van der Waals surface area (Å²) < 4.78 is 22.8. The second kappa shape index (κ2) is 6.41. The monoisotopic (exact) mass is 333 g/mol. The molecule has 0 saturated carbocycles. The van der Waals surface area contributed by atoms with Gasteiger partial charge in [0.2, 0.25) is 10.0 Å². The molecule has 1 amide bonds. The standard InChI is InChI=1S/C12H19N3O4S2/c1-9-11(21(13,18)19)8-10(20-9)12(17)15-4-2-14(3-5-15)6-7-16/h8,16H,2-7H2,1H3,(H2,13,18,19). The van der Waals surface area contributed by atoms with Crippen molar-refractivity contribution < 1.29 is 18.3 Å². The molecule has 1 aromatic heterocycles. The molecule has 0 atom stereocenters. The molecule has 3 N–H and O–H groups in total. The molecule has 2 heterocycles. The topological polar surface area (TPSA) is 104 Å².